The predicted octanol–water partition coefficient (Wildman–Crippen LogP) is 3.76. The number of nitrogens with zero attached hydrogens (tertiary/aromatic N) is 1. The van der Waals surface area contributed by atoms with Crippen LogP contribution in [0.5, 0.6) is 5.88 Å². The number of fused-ring (bicyclic) bond motifs is 1. The lowest BCUT2D eigenvalue weighted by atomic mass is 10.2. The molecule has 3 aromatic rings. The van der Waals surface area contributed by atoms with Gasteiger partial charge < -0.3 is 9.30 Å². The molecule has 0 bridgehead atoms. The van der Waals surface area contributed by atoms with Crippen LogP contribution in [0.1, 0.15) is 5.56 Å². The summed E-state index contributed by atoms with van der Waals surface area (Å²) in [6, 6.07) is 20.6. The van der Waals surface area contributed by atoms with Crippen molar-refractivity contribution in [1.82, 2.24) is 4.57 Å². The minimum atomic E-state index is 0.602. The molecule has 0 unspecified atom stereocenters. The molecule has 1 heterocycles. The van der Waals surface area contributed by atoms with E-state index in [1.54, 1.807) is 0 Å². The monoisotopic (exact) mass is 237 g/mol. The second-order valence-corrected chi connectivity index (χ2v) is 4.37. The molecule has 0 aliphatic rings. The lowest BCUT2D eigenvalue weighted by Crippen LogP contribution is -1.99. The zero-order valence-corrected chi connectivity index (χ0v) is 10.3. The lowest BCUT2D eigenvalue weighted by molar-refractivity contribution is 0.285. The molecule has 2 aromatic carbocycles. The fourth-order valence-corrected chi connectivity index (χ4v) is 2.13. The number of aromatic nitrogens is 1. The van der Waals surface area contributed by atoms with Gasteiger partial charge in [-0.3, -0.25) is 0 Å². The molecule has 0 saturated carbocycles. The van der Waals surface area contributed by atoms with E-state index in [-0.39, 0.29) is 0 Å². The van der Waals surface area contributed by atoms with Gasteiger partial charge in [0.15, 0.2) is 5.88 Å². The van der Waals surface area contributed by atoms with Gasteiger partial charge in [-0.25, -0.2) is 0 Å². The summed E-state index contributed by atoms with van der Waals surface area (Å²) in [6.07, 6.45) is 0. The van der Waals surface area contributed by atoms with Gasteiger partial charge in [-0.2, -0.15) is 0 Å². The zero-order chi connectivity index (χ0) is 12.4. The summed E-state index contributed by atoms with van der Waals surface area (Å²) in [4.78, 5) is 0. The summed E-state index contributed by atoms with van der Waals surface area (Å²) in [6.45, 7) is 0.602. The van der Waals surface area contributed by atoms with Crippen LogP contribution < -0.4 is 4.74 Å². The van der Waals surface area contributed by atoms with Gasteiger partial charge in [0.2, 0.25) is 0 Å². The van der Waals surface area contributed by atoms with Crippen molar-refractivity contribution < 1.29 is 4.74 Å². The van der Waals surface area contributed by atoms with Gasteiger partial charge in [0.1, 0.15) is 6.61 Å². The molecule has 2 heteroatoms. The van der Waals surface area contributed by atoms with Gasteiger partial charge in [0, 0.05) is 18.5 Å². The first kappa shape index (κ1) is 10.9. The minimum Gasteiger partial charge on any atom is -0.474 e. The van der Waals surface area contributed by atoms with Gasteiger partial charge in [-0.05, 0) is 11.6 Å². The van der Waals surface area contributed by atoms with Gasteiger partial charge >= 0.3 is 0 Å². The number of aryl methyl sites for hydroxylation is 1. The third kappa shape index (κ3) is 1.97. The third-order valence-electron chi connectivity index (χ3n) is 3.14. The largest absolute Gasteiger partial charge is 0.474 e. The summed E-state index contributed by atoms with van der Waals surface area (Å²) < 4.78 is 7.95. The van der Waals surface area contributed by atoms with Crippen molar-refractivity contribution in [3.05, 3.63) is 66.2 Å². The Morgan fingerprint density at radius 2 is 1.67 bits per heavy atom. The van der Waals surface area contributed by atoms with Crippen LogP contribution in [0.25, 0.3) is 10.9 Å². The first-order valence-electron chi connectivity index (χ1n) is 6.06. The standard InChI is InChI=1S/C16H15NO/c1-17-15-10-6-5-9-14(15)11-16(17)18-12-13-7-3-2-4-8-13/h2-11H,12H2,1H3. The van der Waals surface area contributed by atoms with Crippen LogP contribution >= 0.6 is 0 Å². The van der Waals surface area contributed by atoms with Crippen LogP contribution in [-0.4, -0.2) is 4.57 Å². The zero-order valence-electron chi connectivity index (χ0n) is 10.3. The molecule has 0 aliphatic carbocycles. The Bertz CT molecular complexity index is 655. The maximum absolute atomic E-state index is 5.87. The van der Waals surface area contributed by atoms with Crippen molar-refractivity contribution in [3.8, 4) is 5.88 Å². The molecule has 0 fully saturated rings. The summed E-state index contributed by atoms with van der Waals surface area (Å²) in [7, 11) is 2.03. The fourth-order valence-electron chi connectivity index (χ4n) is 2.13. The quantitative estimate of drug-likeness (QED) is 0.676. The Hall–Kier alpha value is -2.22. The van der Waals surface area contributed by atoms with Crippen molar-refractivity contribution in [2.75, 3.05) is 0 Å². The number of hydrogen-bond donors (Lipinski definition) is 0. The molecular formula is C16H15NO. The molecule has 1 aromatic heterocycles. The van der Waals surface area contributed by atoms with Gasteiger partial charge in [0.05, 0.1) is 5.52 Å². The highest BCUT2D eigenvalue weighted by Crippen LogP contribution is 2.24. The molecule has 0 amide bonds. The molecular weight excluding hydrogens is 222 g/mol. The van der Waals surface area contributed by atoms with Crippen molar-refractivity contribution >= 4 is 10.9 Å². The van der Waals surface area contributed by atoms with E-state index in [9.17, 15) is 0 Å². The number of ether oxygens (including phenoxy) is 1. The molecule has 90 valence electrons. The van der Waals surface area contributed by atoms with Crippen molar-refractivity contribution in [2.45, 2.75) is 6.61 Å². The molecule has 2 nitrogen and oxygen atoms in total. The fraction of sp³-hybridized carbons (Fsp3) is 0.125. The highest BCUT2D eigenvalue weighted by molar-refractivity contribution is 5.82. The molecule has 0 spiro atoms. The Balaban J connectivity index is 1.85. The number of rotatable bonds is 3. The molecule has 0 aliphatic heterocycles. The second kappa shape index (κ2) is 4.57. The van der Waals surface area contributed by atoms with E-state index in [2.05, 4.69) is 34.9 Å². The molecule has 0 radical (unpaired) electrons. The van der Waals surface area contributed by atoms with Gasteiger partial charge in [-0.1, -0.05) is 48.5 Å². The summed E-state index contributed by atoms with van der Waals surface area (Å²) in [5.74, 6) is 0.903. The Morgan fingerprint density at radius 1 is 0.944 bits per heavy atom. The highest BCUT2D eigenvalue weighted by Gasteiger charge is 2.05. The summed E-state index contributed by atoms with van der Waals surface area (Å²) in [5.41, 5.74) is 2.38. The summed E-state index contributed by atoms with van der Waals surface area (Å²) >= 11 is 0. The number of para-hydroxylation sites is 1. The molecule has 0 atom stereocenters. The van der Waals surface area contributed by atoms with Crippen molar-refractivity contribution in [3.63, 3.8) is 0 Å². The topological polar surface area (TPSA) is 14.2 Å². The third-order valence-corrected chi connectivity index (χ3v) is 3.14. The smallest absolute Gasteiger partial charge is 0.194 e. The average Bonchev–Trinajstić information content (AvgIpc) is 2.75. The van der Waals surface area contributed by atoms with E-state index in [0.717, 1.165) is 5.88 Å². The van der Waals surface area contributed by atoms with Crippen LogP contribution in [0.15, 0.2) is 60.7 Å². The first-order chi connectivity index (χ1) is 8.84. The predicted molar refractivity (Wildman–Crippen MR) is 73.7 cm³/mol. The number of hydrogen-bond acceptors (Lipinski definition) is 1. The SMILES string of the molecule is Cn1c(OCc2ccccc2)cc2ccccc21. The van der Waals surface area contributed by atoms with Crippen LogP contribution in [0.2, 0.25) is 0 Å². The highest BCUT2D eigenvalue weighted by atomic mass is 16.5. The molecule has 0 saturated heterocycles. The van der Waals surface area contributed by atoms with Crippen LogP contribution in [0, 0.1) is 0 Å². The normalized spacial score (nSPS) is 10.7. The van der Waals surface area contributed by atoms with Gasteiger partial charge in [0.25, 0.3) is 0 Å². The molecule has 18 heavy (non-hydrogen) atoms. The minimum absolute atomic E-state index is 0.602. The van der Waals surface area contributed by atoms with Gasteiger partial charge in [-0.15, -0.1) is 0 Å². The van der Waals surface area contributed by atoms with Crippen LogP contribution in [0.3, 0.4) is 0 Å². The van der Waals surface area contributed by atoms with Crippen LogP contribution in [0.4, 0.5) is 0 Å². The maximum atomic E-state index is 5.87. The van der Waals surface area contributed by atoms with E-state index in [0.29, 0.717) is 6.61 Å². The van der Waals surface area contributed by atoms with Crippen LogP contribution in [-0.2, 0) is 13.7 Å². The maximum Gasteiger partial charge on any atom is 0.194 e. The molecule has 0 N–H and O–H groups in total. The number of benzene rings is 2. The van der Waals surface area contributed by atoms with E-state index < -0.39 is 0 Å². The first-order valence-corrected chi connectivity index (χ1v) is 6.06. The average molecular weight is 237 g/mol. The van der Waals surface area contributed by atoms with Crippen molar-refractivity contribution in [1.29, 1.82) is 0 Å². The Morgan fingerprint density at radius 3 is 2.44 bits per heavy atom. The molecule has 3 rings (SSSR count). The summed E-state index contributed by atoms with van der Waals surface area (Å²) in [5, 5.41) is 1.21. The van der Waals surface area contributed by atoms with E-state index >= 15 is 0 Å². The Labute approximate surface area is 106 Å². The lowest BCUT2D eigenvalue weighted by Gasteiger charge is -2.07. The van der Waals surface area contributed by atoms with E-state index in [1.165, 1.54) is 16.5 Å². The van der Waals surface area contributed by atoms with Crippen molar-refractivity contribution in [2.24, 2.45) is 7.05 Å². The Kier molecular flexibility index (Phi) is 2.77. The second-order valence-electron chi connectivity index (χ2n) is 4.37. The van der Waals surface area contributed by atoms with E-state index in [1.807, 2.05) is 37.4 Å². The van der Waals surface area contributed by atoms with E-state index in [4.69, 9.17) is 4.74 Å².